The van der Waals surface area contributed by atoms with Crippen molar-refractivity contribution >= 4 is 23.1 Å². The maximum atomic E-state index is 5.96. The Kier molecular flexibility index (Phi) is 3.36. The van der Waals surface area contributed by atoms with Crippen molar-refractivity contribution in [1.29, 1.82) is 0 Å². The molecule has 5 heteroatoms. The monoisotopic (exact) mass is 231 g/mol. The summed E-state index contributed by atoms with van der Waals surface area (Å²) in [6.07, 6.45) is 2.59. The molecule has 1 aliphatic heterocycles. The van der Waals surface area contributed by atoms with Gasteiger partial charge in [0, 0.05) is 24.6 Å². The second-order valence-electron chi connectivity index (χ2n) is 3.79. The maximum absolute atomic E-state index is 5.96. The lowest BCUT2D eigenvalue weighted by molar-refractivity contribution is 0.311. The Labute approximate surface area is 93.2 Å². The lowest BCUT2D eigenvalue weighted by Crippen LogP contribution is -2.20. The summed E-state index contributed by atoms with van der Waals surface area (Å²) < 4.78 is 4.58. The van der Waals surface area contributed by atoms with Crippen molar-refractivity contribution in [3.63, 3.8) is 0 Å². The molecule has 0 bridgehead atoms. The van der Waals surface area contributed by atoms with Crippen LogP contribution in [-0.2, 0) is 6.54 Å². The molecule has 1 aromatic rings. The molecule has 1 atom stereocenters. The normalized spacial score (nSPS) is 23.1. The van der Waals surface area contributed by atoms with E-state index in [1.54, 1.807) is 0 Å². The number of hydrogen-bond acceptors (Lipinski definition) is 4. The van der Waals surface area contributed by atoms with Gasteiger partial charge in [0.1, 0.15) is 10.0 Å². The van der Waals surface area contributed by atoms with Gasteiger partial charge in [0.2, 0.25) is 0 Å². The van der Waals surface area contributed by atoms with Gasteiger partial charge in [-0.1, -0.05) is 29.4 Å². The molecular formula is C9H14ClN3S. The van der Waals surface area contributed by atoms with E-state index in [1.807, 2.05) is 0 Å². The van der Waals surface area contributed by atoms with Crippen LogP contribution in [0.3, 0.4) is 0 Å². The van der Waals surface area contributed by atoms with E-state index < -0.39 is 0 Å². The van der Waals surface area contributed by atoms with Crippen molar-refractivity contribution in [2.24, 2.45) is 5.92 Å². The summed E-state index contributed by atoms with van der Waals surface area (Å²) in [5, 5.41) is 4.03. The van der Waals surface area contributed by atoms with Gasteiger partial charge >= 0.3 is 0 Å². The molecule has 1 aromatic heterocycles. The molecular weight excluding hydrogens is 218 g/mol. The van der Waals surface area contributed by atoms with Gasteiger partial charge in [-0.15, -0.1) is 5.10 Å². The molecule has 3 nitrogen and oxygen atoms in total. The lowest BCUT2D eigenvalue weighted by Gasteiger charge is -2.13. The molecule has 2 rings (SSSR count). The minimum atomic E-state index is 0.741. The average Bonchev–Trinajstić information content (AvgIpc) is 2.77. The van der Waals surface area contributed by atoms with Crippen LogP contribution in [0.25, 0.3) is 0 Å². The highest BCUT2D eigenvalue weighted by atomic mass is 35.5. The summed E-state index contributed by atoms with van der Waals surface area (Å²) in [7, 11) is 0. The molecule has 78 valence electrons. The van der Waals surface area contributed by atoms with E-state index >= 15 is 0 Å². The van der Waals surface area contributed by atoms with E-state index in [0.717, 1.165) is 22.5 Å². The molecule has 0 N–H and O–H groups in total. The van der Waals surface area contributed by atoms with Crippen LogP contribution in [0, 0.1) is 5.92 Å². The third-order valence-corrected chi connectivity index (χ3v) is 3.81. The number of nitrogens with zero attached hydrogens (tertiary/aromatic N) is 3. The zero-order valence-electron chi connectivity index (χ0n) is 8.24. The fourth-order valence-electron chi connectivity index (χ4n) is 1.89. The van der Waals surface area contributed by atoms with Crippen LogP contribution < -0.4 is 0 Å². The topological polar surface area (TPSA) is 29.0 Å². The van der Waals surface area contributed by atoms with Crippen molar-refractivity contribution in [3.05, 3.63) is 10.0 Å². The Bertz CT molecular complexity index is 302. The molecule has 0 radical (unpaired) electrons. The van der Waals surface area contributed by atoms with Crippen LogP contribution in [-0.4, -0.2) is 27.6 Å². The quantitative estimate of drug-likeness (QED) is 0.800. The first-order chi connectivity index (χ1) is 6.79. The van der Waals surface area contributed by atoms with E-state index in [4.69, 9.17) is 11.6 Å². The second kappa shape index (κ2) is 4.55. The summed E-state index contributed by atoms with van der Waals surface area (Å²) in [5.41, 5.74) is 0.938. The van der Waals surface area contributed by atoms with Crippen LogP contribution >= 0.6 is 23.1 Å². The first-order valence-corrected chi connectivity index (χ1v) is 6.13. The molecule has 0 aliphatic carbocycles. The molecule has 1 saturated heterocycles. The largest absolute Gasteiger partial charge is 0.297 e. The van der Waals surface area contributed by atoms with Crippen molar-refractivity contribution < 1.29 is 0 Å². The number of hydrogen-bond donors (Lipinski definition) is 0. The standard InChI is InChI=1S/C9H14ClN3S/c1-2-7-3-4-13(5-7)6-8-9(10)14-12-11-8/h7H,2-6H2,1H3. The van der Waals surface area contributed by atoms with Gasteiger partial charge in [-0.05, 0) is 18.9 Å². The highest BCUT2D eigenvalue weighted by Crippen LogP contribution is 2.24. The summed E-state index contributed by atoms with van der Waals surface area (Å²) in [6.45, 7) is 5.48. The zero-order chi connectivity index (χ0) is 9.97. The Hall–Kier alpha value is -0.190. The van der Waals surface area contributed by atoms with E-state index in [9.17, 15) is 0 Å². The Morgan fingerprint density at radius 1 is 1.64 bits per heavy atom. The van der Waals surface area contributed by atoms with Crippen LogP contribution in [0.5, 0.6) is 0 Å². The molecule has 2 heterocycles. The van der Waals surface area contributed by atoms with E-state index in [2.05, 4.69) is 21.4 Å². The number of rotatable bonds is 3. The summed E-state index contributed by atoms with van der Waals surface area (Å²) in [6, 6.07) is 0. The first kappa shape index (κ1) is 10.3. The maximum Gasteiger partial charge on any atom is 0.138 e. The van der Waals surface area contributed by atoms with E-state index in [1.165, 1.54) is 37.5 Å². The van der Waals surface area contributed by atoms with E-state index in [0.29, 0.717) is 0 Å². The molecule has 1 unspecified atom stereocenters. The summed E-state index contributed by atoms with van der Waals surface area (Å²) in [5.74, 6) is 0.861. The molecule has 0 aromatic carbocycles. The lowest BCUT2D eigenvalue weighted by atomic mass is 10.1. The Morgan fingerprint density at radius 2 is 2.50 bits per heavy atom. The van der Waals surface area contributed by atoms with Crippen molar-refractivity contribution in [2.75, 3.05) is 13.1 Å². The van der Waals surface area contributed by atoms with Crippen molar-refractivity contribution in [3.8, 4) is 0 Å². The average molecular weight is 232 g/mol. The minimum Gasteiger partial charge on any atom is -0.297 e. The Balaban J connectivity index is 1.90. The fraction of sp³-hybridized carbons (Fsp3) is 0.778. The van der Waals surface area contributed by atoms with Gasteiger partial charge in [0.15, 0.2) is 0 Å². The number of halogens is 1. The Morgan fingerprint density at radius 3 is 3.07 bits per heavy atom. The van der Waals surface area contributed by atoms with Gasteiger partial charge in [-0.2, -0.15) is 0 Å². The van der Waals surface area contributed by atoms with Crippen molar-refractivity contribution in [1.82, 2.24) is 14.5 Å². The van der Waals surface area contributed by atoms with Gasteiger partial charge in [-0.3, -0.25) is 4.90 Å². The smallest absolute Gasteiger partial charge is 0.138 e. The molecule has 1 fully saturated rings. The molecule has 1 aliphatic rings. The van der Waals surface area contributed by atoms with Gasteiger partial charge in [-0.25, -0.2) is 0 Å². The van der Waals surface area contributed by atoms with Crippen LogP contribution in [0.2, 0.25) is 4.34 Å². The van der Waals surface area contributed by atoms with Crippen LogP contribution in [0.4, 0.5) is 0 Å². The molecule has 0 amide bonds. The molecule has 0 saturated carbocycles. The third kappa shape index (κ3) is 2.24. The zero-order valence-corrected chi connectivity index (χ0v) is 9.81. The summed E-state index contributed by atoms with van der Waals surface area (Å²) >= 11 is 7.23. The van der Waals surface area contributed by atoms with E-state index in [-0.39, 0.29) is 0 Å². The molecule has 0 spiro atoms. The number of aromatic nitrogens is 2. The van der Waals surface area contributed by atoms with Crippen LogP contribution in [0.15, 0.2) is 0 Å². The predicted molar refractivity (Wildman–Crippen MR) is 58.6 cm³/mol. The summed E-state index contributed by atoms with van der Waals surface area (Å²) in [4.78, 5) is 2.41. The third-order valence-electron chi connectivity index (χ3n) is 2.83. The van der Waals surface area contributed by atoms with Crippen LogP contribution in [0.1, 0.15) is 25.5 Å². The second-order valence-corrected chi connectivity index (χ2v) is 5.15. The highest BCUT2D eigenvalue weighted by molar-refractivity contribution is 7.10. The molecule has 14 heavy (non-hydrogen) atoms. The van der Waals surface area contributed by atoms with Gasteiger partial charge in [0.05, 0.1) is 0 Å². The first-order valence-electron chi connectivity index (χ1n) is 4.98. The highest BCUT2D eigenvalue weighted by Gasteiger charge is 2.22. The van der Waals surface area contributed by atoms with Gasteiger partial charge in [0.25, 0.3) is 0 Å². The minimum absolute atomic E-state index is 0.741. The SMILES string of the molecule is CCC1CCN(Cc2nnsc2Cl)C1. The predicted octanol–water partition coefficient (Wildman–Crippen LogP) is 2.42. The number of likely N-dealkylation sites (tertiary alicyclic amines) is 1. The fourth-order valence-corrected chi connectivity index (χ4v) is 2.50. The van der Waals surface area contributed by atoms with Crippen molar-refractivity contribution in [2.45, 2.75) is 26.3 Å². The van der Waals surface area contributed by atoms with Gasteiger partial charge < -0.3 is 0 Å².